The molecule has 3 aromatic heterocycles. The summed E-state index contributed by atoms with van der Waals surface area (Å²) in [4.78, 5) is 13.0. The van der Waals surface area contributed by atoms with Gasteiger partial charge in [-0.15, -0.1) is 0 Å². The Kier molecular flexibility index (Phi) is 4.28. The Morgan fingerprint density at radius 1 is 0.885 bits per heavy atom. The number of benzene rings is 1. The number of nitrogens with two attached hydrogens (primary N) is 1. The van der Waals surface area contributed by atoms with Crippen LogP contribution in [0.15, 0.2) is 79.4 Å². The molecule has 7 nitrogen and oxygen atoms in total. The van der Waals surface area contributed by atoms with E-state index in [1.165, 1.54) is 0 Å². The van der Waals surface area contributed by atoms with E-state index >= 15 is 0 Å². The average molecular weight is 343 g/mol. The summed E-state index contributed by atoms with van der Waals surface area (Å²) >= 11 is 0. The number of hydrogen-bond donors (Lipinski definition) is 3. The number of hydrazine groups is 1. The summed E-state index contributed by atoms with van der Waals surface area (Å²) in [6, 6.07) is 17.5. The molecule has 128 valence electrons. The average Bonchev–Trinajstić information content (AvgIpc) is 3.19. The minimum absolute atomic E-state index is 0.459. The lowest BCUT2D eigenvalue weighted by Crippen LogP contribution is -2.11. The van der Waals surface area contributed by atoms with Gasteiger partial charge in [0.15, 0.2) is 0 Å². The van der Waals surface area contributed by atoms with Gasteiger partial charge in [0.25, 0.3) is 0 Å². The summed E-state index contributed by atoms with van der Waals surface area (Å²) in [5.74, 6) is 7.25. The molecule has 0 aliphatic rings. The van der Waals surface area contributed by atoms with E-state index in [0.717, 1.165) is 16.8 Å². The molecule has 0 bridgehead atoms. The van der Waals surface area contributed by atoms with Crippen LogP contribution >= 0.6 is 0 Å². The van der Waals surface area contributed by atoms with Gasteiger partial charge in [-0.2, -0.15) is 9.97 Å². The summed E-state index contributed by atoms with van der Waals surface area (Å²) in [7, 11) is 0. The number of nitrogens with zero attached hydrogens (tertiary/aromatic N) is 4. The third-order valence-corrected chi connectivity index (χ3v) is 3.86. The molecule has 0 unspecified atom stereocenters. The summed E-state index contributed by atoms with van der Waals surface area (Å²) in [5.41, 5.74) is 5.65. The van der Waals surface area contributed by atoms with Crippen LogP contribution in [0.25, 0.3) is 16.9 Å². The van der Waals surface area contributed by atoms with E-state index in [1.54, 1.807) is 18.5 Å². The highest BCUT2D eigenvalue weighted by molar-refractivity contribution is 5.63. The van der Waals surface area contributed by atoms with Crippen molar-refractivity contribution in [1.29, 1.82) is 0 Å². The molecule has 0 radical (unpaired) electrons. The number of anilines is 3. The van der Waals surface area contributed by atoms with Gasteiger partial charge in [0.2, 0.25) is 5.95 Å². The maximum atomic E-state index is 5.57. The quantitative estimate of drug-likeness (QED) is 0.380. The molecule has 0 amide bonds. The standard InChI is InChI=1S/C19H17N7/c20-25-17-12-18(24-19(23-17)22-16-4-2-1-3-5-16)26-11-8-15(13-26)14-6-9-21-10-7-14/h1-13H,20H2,(H2,22,23,24,25). The van der Waals surface area contributed by atoms with Gasteiger partial charge in [0, 0.05) is 36.5 Å². The lowest BCUT2D eigenvalue weighted by molar-refractivity contribution is 0.985. The minimum Gasteiger partial charge on any atom is -0.324 e. The zero-order chi connectivity index (χ0) is 17.8. The topological polar surface area (TPSA) is 93.7 Å². The first kappa shape index (κ1) is 15.8. The van der Waals surface area contributed by atoms with Crippen molar-refractivity contribution in [3.8, 4) is 16.9 Å². The van der Waals surface area contributed by atoms with Crippen LogP contribution in [0.1, 0.15) is 0 Å². The summed E-state index contributed by atoms with van der Waals surface area (Å²) in [6.07, 6.45) is 7.50. The Morgan fingerprint density at radius 2 is 1.69 bits per heavy atom. The fourth-order valence-electron chi connectivity index (χ4n) is 2.60. The molecule has 4 N–H and O–H groups in total. The van der Waals surface area contributed by atoms with E-state index in [-0.39, 0.29) is 0 Å². The zero-order valence-electron chi connectivity index (χ0n) is 13.9. The third kappa shape index (κ3) is 3.38. The van der Waals surface area contributed by atoms with Crippen molar-refractivity contribution in [2.75, 3.05) is 10.7 Å². The van der Waals surface area contributed by atoms with Crippen molar-refractivity contribution >= 4 is 17.5 Å². The first-order valence-corrected chi connectivity index (χ1v) is 8.08. The maximum absolute atomic E-state index is 5.57. The second-order valence-corrected chi connectivity index (χ2v) is 5.61. The molecule has 1 aromatic carbocycles. The highest BCUT2D eigenvalue weighted by Crippen LogP contribution is 2.22. The highest BCUT2D eigenvalue weighted by atomic mass is 15.3. The van der Waals surface area contributed by atoms with Crippen molar-refractivity contribution in [1.82, 2.24) is 19.5 Å². The number of rotatable bonds is 5. The van der Waals surface area contributed by atoms with Gasteiger partial charge >= 0.3 is 0 Å². The highest BCUT2D eigenvalue weighted by Gasteiger charge is 2.08. The van der Waals surface area contributed by atoms with E-state index in [9.17, 15) is 0 Å². The predicted octanol–water partition coefficient (Wildman–Crippen LogP) is 3.36. The Balaban J connectivity index is 1.68. The fourth-order valence-corrected chi connectivity index (χ4v) is 2.60. The van der Waals surface area contributed by atoms with Crippen LogP contribution in [-0.2, 0) is 0 Å². The van der Waals surface area contributed by atoms with Gasteiger partial charge < -0.3 is 15.3 Å². The second kappa shape index (κ2) is 7.04. The largest absolute Gasteiger partial charge is 0.324 e. The molecule has 0 spiro atoms. The smallest absolute Gasteiger partial charge is 0.231 e. The van der Waals surface area contributed by atoms with E-state index in [4.69, 9.17) is 5.84 Å². The number of para-hydroxylation sites is 1. The fraction of sp³-hybridized carbons (Fsp3) is 0. The molecule has 0 aliphatic heterocycles. The van der Waals surface area contributed by atoms with Gasteiger partial charge in [0.1, 0.15) is 11.6 Å². The van der Waals surface area contributed by atoms with Crippen LogP contribution in [0, 0.1) is 0 Å². The second-order valence-electron chi connectivity index (χ2n) is 5.61. The van der Waals surface area contributed by atoms with Gasteiger partial charge in [-0.1, -0.05) is 18.2 Å². The van der Waals surface area contributed by atoms with Crippen molar-refractivity contribution in [3.63, 3.8) is 0 Å². The van der Waals surface area contributed by atoms with Gasteiger partial charge in [0.05, 0.1) is 0 Å². The van der Waals surface area contributed by atoms with Crippen LogP contribution in [0.4, 0.5) is 17.5 Å². The molecular weight excluding hydrogens is 326 g/mol. The first-order valence-electron chi connectivity index (χ1n) is 8.08. The summed E-state index contributed by atoms with van der Waals surface area (Å²) in [5, 5.41) is 3.19. The molecular formula is C19H17N7. The van der Waals surface area contributed by atoms with Crippen LogP contribution in [0.3, 0.4) is 0 Å². The number of aromatic nitrogens is 4. The molecule has 26 heavy (non-hydrogen) atoms. The van der Waals surface area contributed by atoms with E-state index in [2.05, 4.69) is 25.7 Å². The summed E-state index contributed by atoms with van der Waals surface area (Å²) < 4.78 is 1.93. The van der Waals surface area contributed by atoms with Gasteiger partial charge in [-0.25, -0.2) is 5.84 Å². The maximum Gasteiger partial charge on any atom is 0.231 e. The number of hydrogen-bond acceptors (Lipinski definition) is 6. The first-order chi connectivity index (χ1) is 12.8. The third-order valence-electron chi connectivity index (χ3n) is 3.86. The predicted molar refractivity (Wildman–Crippen MR) is 102 cm³/mol. The van der Waals surface area contributed by atoms with E-state index in [0.29, 0.717) is 17.6 Å². The molecule has 0 saturated carbocycles. The molecule has 4 aromatic rings. The number of nitrogens with one attached hydrogen (secondary N) is 2. The molecule has 3 heterocycles. The van der Waals surface area contributed by atoms with Gasteiger partial charge in [-0.3, -0.25) is 4.98 Å². The van der Waals surface area contributed by atoms with E-state index < -0.39 is 0 Å². The zero-order valence-corrected chi connectivity index (χ0v) is 13.9. The SMILES string of the molecule is NNc1cc(-n2ccc(-c3ccncc3)c2)nc(Nc2ccccc2)n1. The van der Waals surface area contributed by atoms with Crippen molar-refractivity contribution in [2.45, 2.75) is 0 Å². The van der Waals surface area contributed by atoms with Crippen LogP contribution in [0.2, 0.25) is 0 Å². The van der Waals surface area contributed by atoms with Crippen LogP contribution < -0.4 is 16.6 Å². The molecule has 0 aliphatic carbocycles. The van der Waals surface area contributed by atoms with Gasteiger partial charge in [-0.05, 0) is 41.5 Å². The lowest BCUT2D eigenvalue weighted by atomic mass is 10.1. The van der Waals surface area contributed by atoms with E-state index in [1.807, 2.05) is 65.5 Å². The van der Waals surface area contributed by atoms with Crippen LogP contribution in [0.5, 0.6) is 0 Å². The molecule has 4 rings (SSSR count). The Morgan fingerprint density at radius 3 is 2.46 bits per heavy atom. The van der Waals surface area contributed by atoms with Crippen molar-refractivity contribution in [2.24, 2.45) is 5.84 Å². The lowest BCUT2D eigenvalue weighted by Gasteiger charge is -2.10. The Hall–Kier alpha value is -3.71. The molecule has 7 heteroatoms. The Labute approximate surface area is 150 Å². The molecule has 0 saturated heterocycles. The monoisotopic (exact) mass is 343 g/mol. The normalized spacial score (nSPS) is 10.5. The summed E-state index contributed by atoms with van der Waals surface area (Å²) in [6.45, 7) is 0. The molecule has 0 atom stereocenters. The van der Waals surface area contributed by atoms with Crippen LogP contribution in [-0.4, -0.2) is 19.5 Å². The Bertz CT molecular complexity index is 997. The molecule has 0 fully saturated rings. The van der Waals surface area contributed by atoms with Crippen molar-refractivity contribution in [3.05, 3.63) is 79.4 Å². The number of pyridine rings is 1. The van der Waals surface area contributed by atoms with Crippen molar-refractivity contribution < 1.29 is 0 Å². The number of nitrogen functional groups attached to an aromatic ring is 1. The minimum atomic E-state index is 0.459.